The van der Waals surface area contributed by atoms with Gasteiger partial charge in [-0.2, -0.15) is 0 Å². The van der Waals surface area contributed by atoms with Crippen molar-refractivity contribution in [3.05, 3.63) is 71.1 Å². The minimum atomic E-state index is -0.948. The number of aldehydes is 2. The highest BCUT2D eigenvalue weighted by Crippen LogP contribution is 2.25. The van der Waals surface area contributed by atoms with Crippen LogP contribution in [0, 0.1) is 23.3 Å². The van der Waals surface area contributed by atoms with E-state index in [1.807, 2.05) is 0 Å². The van der Waals surface area contributed by atoms with E-state index in [4.69, 9.17) is 23.2 Å². The summed E-state index contributed by atoms with van der Waals surface area (Å²) in [7, 11) is 0. The highest BCUT2D eigenvalue weighted by Gasteiger charge is 2.13. The molecule has 2 heterocycles. The third kappa shape index (κ3) is 5.45. The van der Waals surface area contributed by atoms with Gasteiger partial charge >= 0.3 is 0 Å². The second-order valence-corrected chi connectivity index (χ2v) is 8.20. The summed E-state index contributed by atoms with van der Waals surface area (Å²) in [5.74, 6) is -2.79. The molecule has 2 aromatic heterocycles. The van der Waals surface area contributed by atoms with Crippen LogP contribution in [-0.2, 0) is 13.1 Å². The number of alkyl halides is 2. The Labute approximate surface area is 202 Å². The topological polar surface area (TPSA) is 44.0 Å². The quantitative estimate of drug-likeness (QED) is 0.149. The van der Waals surface area contributed by atoms with Crippen LogP contribution in [0.15, 0.2) is 36.7 Å². The summed E-state index contributed by atoms with van der Waals surface area (Å²) in [6, 6.07) is 4.30. The zero-order chi connectivity index (χ0) is 24.8. The van der Waals surface area contributed by atoms with Gasteiger partial charge in [-0.1, -0.05) is 0 Å². The van der Waals surface area contributed by atoms with E-state index in [2.05, 4.69) is 0 Å². The molecule has 4 rings (SSSR count). The lowest BCUT2D eigenvalue weighted by atomic mass is 10.2. The van der Waals surface area contributed by atoms with Crippen molar-refractivity contribution < 1.29 is 27.2 Å². The molecule has 0 N–H and O–H groups in total. The van der Waals surface area contributed by atoms with Crippen molar-refractivity contribution >= 4 is 57.6 Å². The van der Waals surface area contributed by atoms with E-state index < -0.39 is 23.3 Å². The first-order valence-corrected chi connectivity index (χ1v) is 11.4. The Kier molecular flexibility index (Phi) is 8.74. The molecule has 0 bridgehead atoms. The fourth-order valence-corrected chi connectivity index (χ4v) is 3.88. The number of halogens is 6. The summed E-state index contributed by atoms with van der Waals surface area (Å²) in [6.45, 7) is 1.14. The number of rotatable bonds is 8. The molecule has 0 atom stereocenters. The van der Waals surface area contributed by atoms with Crippen LogP contribution in [0.4, 0.5) is 17.6 Å². The average molecular weight is 515 g/mol. The van der Waals surface area contributed by atoms with Crippen LogP contribution in [-0.4, -0.2) is 33.5 Å². The van der Waals surface area contributed by atoms with Crippen molar-refractivity contribution in [3.63, 3.8) is 0 Å². The van der Waals surface area contributed by atoms with Gasteiger partial charge < -0.3 is 9.13 Å². The highest BCUT2D eigenvalue weighted by atomic mass is 35.5. The van der Waals surface area contributed by atoms with Crippen LogP contribution in [0.25, 0.3) is 21.8 Å². The number of carbonyl (C=O) groups is 2. The molecule has 10 heteroatoms. The van der Waals surface area contributed by atoms with Gasteiger partial charge in [0, 0.05) is 71.3 Å². The first-order valence-electron chi connectivity index (χ1n) is 10.3. The molecule has 2 aromatic carbocycles. The molecule has 0 saturated carbocycles. The van der Waals surface area contributed by atoms with Crippen LogP contribution in [0.5, 0.6) is 0 Å². The molecular formula is C24H20Cl2F4N2O2. The van der Waals surface area contributed by atoms with Crippen LogP contribution in [0.1, 0.15) is 33.6 Å². The van der Waals surface area contributed by atoms with Gasteiger partial charge in [-0.15, -0.1) is 23.2 Å². The fourth-order valence-electron chi connectivity index (χ4n) is 3.64. The molecule has 0 fully saturated rings. The van der Waals surface area contributed by atoms with Gasteiger partial charge in [-0.25, -0.2) is 17.6 Å². The molecule has 0 radical (unpaired) electrons. The first-order chi connectivity index (χ1) is 16.3. The molecule has 0 spiro atoms. The molecule has 0 aliphatic rings. The van der Waals surface area contributed by atoms with Gasteiger partial charge in [0.2, 0.25) is 0 Å². The second-order valence-electron chi connectivity index (χ2n) is 7.44. The second kappa shape index (κ2) is 11.5. The third-order valence-corrected chi connectivity index (χ3v) is 5.76. The fraction of sp³-hybridized carbons (Fsp3) is 0.250. The zero-order valence-electron chi connectivity index (χ0n) is 17.8. The number of hydrogen-bond acceptors (Lipinski definition) is 2. The Hall–Kier alpha value is -2.84. The monoisotopic (exact) mass is 514 g/mol. The molecule has 0 aliphatic carbocycles. The van der Waals surface area contributed by atoms with Gasteiger partial charge in [0.25, 0.3) is 0 Å². The van der Waals surface area contributed by atoms with E-state index in [0.717, 1.165) is 24.3 Å². The van der Waals surface area contributed by atoms with E-state index in [-0.39, 0.29) is 0 Å². The SMILES string of the molecule is O=Cc1cn(CCCCl)c2cc(F)c(F)cc12.O=Cc1cn(CCCCl)c2cc(F)c(F)cc12. The van der Waals surface area contributed by atoms with Crippen LogP contribution < -0.4 is 0 Å². The molecule has 0 aliphatic heterocycles. The molecule has 34 heavy (non-hydrogen) atoms. The van der Waals surface area contributed by atoms with Crippen LogP contribution in [0.2, 0.25) is 0 Å². The van der Waals surface area contributed by atoms with E-state index in [1.165, 1.54) is 0 Å². The number of hydrogen-bond donors (Lipinski definition) is 0. The van der Waals surface area contributed by atoms with Gasteiger partial charge in [-0.05, 0) is 25.0 Å². The summed E-state index contributed by atoms with van der Waals surface area (Å²) in [6.07, 6.45) is 5.84. The average Bonchev–Trinajstić information content (AvgIpc) is 3.34. The number of aryl methyl sites for hydroxylation is 2. The van der Waals surface area contributed by atoms with Crippen LogP contribution in [0.3, 0.4) is 0 Å². The molecule has 0 unspecified atom stereocenters. The summed E-state index contributed by atoms with van der Waals surface area (Å²) < 4.78 is 56.0. The van der Waals surface area contributed by atoms with Crippen molar-refractivity contribution in [2.75, 3.05) is 11.8 Å². The van der Waals surface area contributed by atoms with Gasteiger partial charge in [0.05, 0.1) is 11.0 Å². The Balaban J connectivity index is 0.000000191. The van der Waals surface area contributed by atoms with Crippen molar-refractivity contribution in [2.45, 2.75) is 25.9 Å². The van der Waals surface area contributed by atoms with Crippen molar-refractivity contribution in [2.24, 2.45) is 0 Å². The number of benzene rings is 2. The zero-order valence-corrected chi connectivity index (χ0v) is 19.4. The van der Waals surface area contributed by atoms with Crippen molar-refractivity contribution in [1.29, 1.82) is 0 Å². The molecule has 4 aromatic rings. The lowest BCUT2D eigenvalue weighted by Gasteiger charge is -2.03. The third-order valence-electron chi connectivity index (χ3n) is 5.23. The van der Waals surface area contributed by atoms with E-state index in [1.54, 1.807) is 21.5 Å². The van der Waals surface area contributed by atoms with Gasteiger partial charge in [-0.3, -0.25) is 9.59 Å². The largest absolute Gasteiger partial charge is 0.347 e. The molecular weight excluding hydrogens is 495 g/mol. The van der Waals surface area contributed by atoms with E-state index in [9.17, 15) is 27.2 Å². The molecule has 0 saturated heterocycles. The van der Waals surface area contributed by atoms with Gasteiger partial charge in [0.1, 0.15) is 0 Å². The maximum atomic E-state index is 13.2. The number of nitrogens with zero attached hydrogens (tertiary/aromatic N) is 2. The summed E-state index contributed by atoms with van der Waals surface area (Å²) in [5.41, 5.74) is 1.73. The van der Waals surface area contributed by atoms with E-state index >= 15 is 0 Å². The first kappa shape index (κ1) is 25.8. The minimum Gasteiger partial charge on any atom is -0.347 e. The molecule has 0 amide bonds. The molecule has 180 valence electrons. The Morgan fingerprint density at radius 1 is 0.647 bits per heavy atom. The normalized spacial score (nSPS) is 11.0. The highest BCUT2D eigenvalue weighted by molar-refractivity contribution is 6.18. The summed E-state index contributed by atoms with van der Waals surface area (Å²) in [4.78, 5) is 21.7. The predicted octanol–water partition coefficient (Wildman–Crippen LogP) is 6.72. The Morgan fingerprint density at radius 2 is 1.00 bits per heavy atom. The van der Waals surface area contributed by atoms with Crippen molar-refractivity contribution in [3.8, 4) is 0 Å². The smallest absolute Gasteiger partial charge is 0.160 e. The maximum Gasteiger partial charge on any atom is 0.160 e. The minimum absolute atomic E-state index is 0.355. The van der Waals surface area contributed by atoms with Crippen LogP contribution >= 0.6 is 23.2 Å². The Bertz CT molecular complexity index is 1230. The lowest BCUT2D eigenvalue weighted by Crippen LogP contribution is -1.97. The number of carbonyl (C=O) groups excluding carboxylic acids is 2. The van der Waals surface area contributed by atoms with Crippen molar-refractivity contribution in [1.82, 2.24) is 9.13 Å². The summed E-state index contributed by atoms with van der Waals surface area (Å²) in [5, 5.41) is 0.849. The lowest BCUT2D eigenvalue weighted by molar-refractivity contribution is 0.111. The Morgan fingerprint density at radius 3 is 1.32 bits per heavy atom. The van der Waals surface area contributed by atoms with E-state index in [0.29, 0.717) is 83.2 Å². The number of aromatic nitrogens is 2. The number of fused-ring (bicyclic) bond motifs is 2. The summed E-state index contributed by atoms with van der Waals surface area (Å²) >= 11 is 11.2. The standard InChI is InChI=1S/2C12H10ClF2NO/c2*13-2-1-3-16-6-8(7-17)9-4-10(14)11(15)5-12(9)16/h2*4-7H,1-3H2. The van der Waals surface area contributed by atoms with Gasteiger partial charge in [0.15, 0.2) is 35.8 Å². The predicted molar refractivity (Wildman–Crippen MR) is 125 cm³/mol. The maximum absolute atomic E-state index is 13.2. The molecule has 4 nitrogen and oxygen atoms in total.